The second-order valence-electron chi connectivity index (χ2n) is 20.4. The topological polar surface area (TPSA) is 342 Å². The number of nitrogens with one attached hydrogen (secondary N) is 7. The number of hydrogen-bond donors (Lipinski definition) is 9. The van der Waals surface area contributed by atoms with E-state index in [0.717, 1.165) is 35.9 Å². The van der Waals surface area contributed by atoms with E-state index in [1.54, 1.807) is 49.7 Å². The van der Waals surface area contributed by atoms with E-state index in [2.05, 4.69) is 46.9 Å². The molecule has 3 aromatic heterocycles. The molecule has 24 nitrogen and oxygen atoms in total. The predicted molar refractivity (Wildman–Crippen MR) is 290 cm³/mol. The lowest BCUT2D eigenvalue weighted by Crippen LogP contribution is -2.59. The van der Waals surface area contributed by atoms with Gasteiger partial charge in [-0.1, -0.05) is 51.1 Å². The molecule has 10 N–H and O–H groups in total. The maximum absolute atomic E-state index is 15.5. The molecule has 26 heteroatoms. The van der Waals surface area contributed by atoms with Crippen LogP contribution in [-0.4, -0.2) is 150 Å². The number of aliphatic hydroxyl groups excluding tert-OH is 1. The molecule has 6 rings (SSSR count). The Kier molecular flexibility index (Phi) is 21.5. The number of aromatic amines is 1. The number of hydrogen-bond acceptors (Lipinski definition) is 13. The Hall–Kier alpha value is -9.46. The minimum absolute atomic E-state index is 0.0743. The van der Waals surface area contributed by atoms with Gasteiger partial charge in [-0.05, 0) is 66.3 Å². The summed E-state index contributed by atoms with van der Waals surface area (Å²) in [7, 11) is 0. The number of halogens is 2. The molecule has 10 amide bonds. The van der Waals surface area contributed by atoms with E-state index in [1.807, 2.05) is 30.3 Å². The molecule has 2 aromatic carbocycles. The number of imidazole rings is 1. The first-order valence-corrected chi connectivity index (χ1v) is 26.0. The molecule has 4 heterocycles. The first kappa shape index (κ1) is 61.7. The summed E-state index contributed by atoms with van der Waals surface area (Å²) >= 11 is 0. The van der Waals surface area contributed by atoms with Crippen molar-refractivity contribution < 1.29 is 61.8 Å². The third kappa shape index (κ3) is 17.5. The van der Waals surface area contributed by atoms with Gasteiger partial charge in [0.15, 0.2) is 0 Å². The Balaban J connectivity index is 1.28. The summed E-state index contributed by atoms with van der Waals surface area (Å²) < 4.78 is 31.9. The van der Waals surface area contributed by atoms with Crippen LogP contribution in [-0.2, 0) is 67.3 Å². The van der Waals surface area contributed by atoms with Crippen LogP contribution in [0, 0.1) is 17.0 Å². The van der Waals surface area contributed by atoms with Crippen molar-refractivity contribution in [2.45, 2.75) is 90.1 Å². The number of benzene rings is 2. The van der Waals surface area contributed by atoms with Crippen molar-refractivity contribution in [3.63, 3.8) is 0 Å². The van der Waals surface area contributed by atoms with Crippen LogP contribution >= 0.6 is 0 Å². The largest absolute Gasteiger partial charge is 0.387 e. The number of nitrogens with two attached hydrogens (primary N) is 1. The third-order valence-corrected chi connectivity index (χ3v) is 13.0. The summed E-state index contributed by atoms with van der Waals surface area (Å²) in [6, 6.07) is 9.84. The molecule has 0 radical (unpaired) electrons. The minimum Gasteiger partial charge on any atom is -0.387 e. The SMILES string of the molecule is C[C@H](NC(=O)Cc1ccncc1)C(=O)N[C@H](Cc1c[nH]cn1)C(=O)N[C@@H](CC(N)=O)C(=O)N[C@@H](CCN(C(=O)CO)[C@@H](c1cc(-c2cc(F)ccc2F)cn1Cc1ccccc1)C(C)(C)C)C(=O)NCCNC(=O)CN1C(=O)C=CC1=O. The number of pyridine rings is 1. The van der Waals surface area contributed by atoms with Crippen LogP contribution in [0.1, 0.15) is 69.1 Å². The zero-order valence-corrected chi connectivity index (χ0v) is 45.4. The lowest BCUT2D eigenvalue weighted by Gasteiger charge is -2.41. The number of rotatable bonds is 28. The second-order valence-corrected chi connectivity index (χ2v) is 20.4. The molecular formula is C56H65F2N13O11. The summed E-state index contributed by atoms with van der Waals surface area (Å²) in [5.41, 5.74) is 6.98. The summed E-state index contributed by atoms with van der Waals surface area (Å²) in [6.07, 6.45) is 7.76. The number of nitrogens with zero attached hydrogens (tertiary/aromatic N) is 5. The molecule has 0 spiro atoms. The van der Waals surface area contributed by atoms with E-state index in [0.29, 0.717) is 16.2 Å². The number of H-pyrrole nitrogens is 1. The Bertz CT molecular complexity index is 3130. The zero-order valence-electron chi connectivity index (χ0n) is 45.4. The molecule has 1 aliphatic heterocycles. The number of aliphatic hydroxyl groups is 1. The van der Waals surface area contributed by atoms with E-state index < -0.39 is 139 Å². The maximum Gasteiger partial charge on any atom is 0.254 e. The lowest BCUT2D eigenvalue weighted by atomic mass is 9.82. The van der Waals surface area contributed by atoms with Crippen LogP contribution in [0.5, 0.6) is 0 Å². The number of imide groups is 1. The maximum atomic E-state index is 15.5. The van der Waals surface area contributed by atoms with Crippen LogP contribution < -0.4 is 37.6 Å². The number of carbonyl (C=O) groups is 10. The van der Waals surface area contributed by atoms with Crippen LogP contribution in [0.25, 0.3) is 11.1 Å². The molecule has 1 aliphatic rings. The predicted octanol–water partition coefficient (Wildman–Crippen LogP) is 0.375. The van der Waals surface area contributed by atoms with Gasteiger partial charge in [-0.15, -0.1) is 0 Å². The van der Waals surface area contributed by atoms with Crippen LogP contribution in [0.3, 0.4) is 0 Å². The van der Waals surface area contributed by atoms with Crippen molar-refractivity contribution >= 4 is 59.1 Å². The van der Waals surface area contributed by atoms with Gasteiger partial charge in [0.25, 0.3) is 11.8 Å². The van der Waals surface area contributed by atoms with Gasteiger partial charge in [0.1, 0.15) is 49.0 Å². The minimum atomic E-state index is -1.82. The zero-order chi connectivity index (χ0) is 59.7. The van der Waals surface area contributed by atoms with Crippen molar-refractivity contribution in [3.05, 3.63) is 144 Å². The van der Waals surface area contributed by atoms with Crippen molar-refractivity contribution in [1.82, 2.24) is 61.2 Å². The fourth-order valence-electron chi connectivity index (χ4n) is 9.05. The van der Waals surface area contributed by atoms with E-state index >= 15 is 4.39 Å². The summed E-state index contributed by atoms with van der Waals surface area (Å²) in [5.74, 6) is -9.87. The average Bonchev–Trinajstić information content (AvgIpc) is 4.30. The summed E-state index contributed by atoms with van der Waals surface area (Å²) in [5, 5.41) is 25.7. The van der Waals surface area contributed by atoms with Crippen molar-refractivity contribution in [3.8, 4) is 11.1 Å². The highest BCUT2D eigenvalue weighted by atomic mass is 19.1. The molecule has 82 heavy (non-hydrogen) atoms. The highest BCUT2D eigenvalue weighted by Crippen LogP contribution is 2.41. The Labute approximate surface area is 470 Å². The Morgan fingerprint density at radius 3 is 2.09 bits per heavy atom. The van der Waals surface area contributed by atoms with E-state index in [1.165, 1.54) is 36.7 Å². The van der Waals surface area contributed by atoms with Gasteiger partial charge < -0.3 is 57.2 Å². The number of aromatic nitrogens is 4. The molecule has 0 saturated carbocycles. The summed E-state index contributed by atoms with van der Waals surface area (Å²) in [4.78, 5) is 146. The normalized spacial score (nSPS) is 14.0. The molecule has 0 bridgehead atoms. The lowest BCUT2D eigenvalue weighted by molar-refractivity contribution is -0.141. The molecule has 5 atom stereocenters. The Morgan fingerprint density at radius 2 is 1.44 bits per heavy atom. The number of amides is 10. The Morgan fingerprint density at radius 1 is 0.780 bits per heavy atom. The number of primary amides is 1. The number of carbonyl (C=O) groups excluding carboxylic acids is 10. The smallest absolute Gasteiger partial charge is 0.254 e. The third-order valence-electron chi connectivity index (χ3n) is 13.0. The average molecular weight is 1130 g/mol. The molecule has 0 aliphatic carbocycles. The second kappa shape index (κ2) is 28.6. The fourth-order valence-corrected chi connectivity index (χ4v) is 9.05. The molecule has 0 unspecified atom stereocenters. The van der Waals surface area contributed by atoms with Crippen molar-refractivity contribution in [1.29, 1.82) is 0 Å². The van der Waals surface area contributed by atoms with E-state index in [9.17, 15) is 57.4 Å². The highest BCUT2D eigenvalue weighted by Gasteiger charge is 2.39. The standard InChI is InChI=1S/C56H65F2N13O11/c1-33(65-46(74)22-34-14-17-60-18-15-34)52(79)67-42(25-38-27-61-32-64-38)54(81)68-43(26-45(59)73)55(82)66-41(53(80)63-20-19-62-47(75)30-71-48(76)12-13-49(71)77)16-21-70(50(78)31-72)51(56(2,3)4)44-23-36(39-24-37(57)10-11-40(39)58)29-69(44)28-35-8-6-5-7-9-35/h5-15,17-18,23-24,27,29,32-33,41-43,51,72H,16,19-22,25-26,28,30-31H2,1-4H3,(H2,59,73)(H,61,64)(H,62,75)(H,63,80)(H,65,74)(H,66,82)(H,67,79)(H,68,81)/t33-,41-,42+,43-,51-/m0/s1. The quantitative estimate of drug-likeness (QED) is 0.0242. The fraction of sp³-hybridized carbons (Fsp3) is 0.357. The molecule has 5 aromatic rings. The van der Waals surface area contributed by atoms with Gasteiger partial charge in [-0.2, -0.15) is 0 Å². The first-order chi connectivity index (χ1) is 39.0. The molecule has 0 saturated heterocycles. The van der Waals surface area contributed by atoms with Crippen LogP contribution in [0.4, 0.5) is 8.78 Å². The van der Waals surface area contributed by atoms with Gasteiger partial charge in [0.05, 0.1) is 30.9 Å². The molecule has 0 fully saturated rings. The van der Waals surface area contributed by atoms with Gasteiger partial charge in [-0.3, -0.25) is 57.8 Å². The highest BCUT2D eigenvalue weighted by molar-refractivity contribution is 6.14. The van der Waals surface area contributed by atoms with E-state index in [-0.39, 0.29) is 49.3 Å². The van der Waals surface area contributed by atoms with Crippen molar-refractivity contribution in [2.75, 3.05) is 32.8 Å². The first-order valence-electron chi connectivity index (χ1n) is 26.0. The van der Waals surface area contributed by atoms with Crippen LogP contribution in [0.15, 0.2) is 110 Å². The van der Waals surface area contributed by atoms with Gasteiger partial charge in [0, 0.05) is 86.4 Å². The van der Waals surface area contributed by atoms with Gasteiger partial charge >= 0.3 is 0 Å². The molecule has 434 valence electrons. The summed E-state index contributed by atoms with van der Waals surface area (Å²) in [6.45, 7) is 4.35. The van der Waals surface area contributed by atoms with Gasteiger partial charge in [0.2, 0.25) is 47.3 Å². The van der Waals surface area contributed by atoms with Crippen LogP contribution in [0.2, 0.25) is 0 Å². The van der Waals surface area contributed by atoms with Crippen molar-refractivity contribution in [2.24, 2.45) is 11.1 Å². The van der Waals surface area contributed by atoms with E-state index in [4.69, 9.17) is 5.73 Å². The molecular weight excluding hydrogens is 1070 g/mol. The monoisotopic (exact) mass is 1130 g/mol. The van der Waals surface area contributed by atoms with Gasteiger partial charge in [-0.25, -0.2) is 13.8 Å².